The lowest BCUT2D eigenvalue weighted by Crippen LogP contribution is -2.54. The zero-order valence-corrected chi connectivity index (χ0v) is 16.3. The molecular weight excluding hydrogens is 374 g/mol. The molecule has 1 atom stereocenters. The van der Waals surface area contributed by atoms with Crippen molar-refractivity contribution in [2.45, 2.75) is 71.4 Å². The predicted molar refractivity (Wildman–Crippen MR) is 104 cm³/mol. The molecule has 0 rings (SSSR count). The average molecular weight is 410 g/mol. The molecule has 0 aliphatic carbocycles. The normalized spacial score (nSPS) is 12.7. The summed E-state index contributed by atoms with van der Waals surface area (Å²) in [7, 11) is 2.55. The van der Waals surface area contributed by atoms with Gasteiger partial charge in [0.15, 0.2) is 0 Å². The SMILES string of the molecule is CCCC(=O)OCC(OC(=O)CCC)C(OC)(OC)OC(CCC)=NO.[SiH4]. The van der Waals surface area contributed by atoms with E-state index in [1.54, 1.807) is 0 Å². The minimum atomic E-state index is -1.92. The third kappa shape index (κ3) is 9.73. The fourth-order valence-electron chi connectivity index (χ4n) is 2.07. The highest BCUT2D eigenvalue weighted by Crippen LogP contribution is 2.24. The summed E-state index contributed by atoms with van der Waals surface area (Å²) in [6, 6.07) is 0. The van der Waals surface area contributed by atoms with Crippen molar-refractivity contribution in [3.8, 4) is 0 Å². The molecule has 0 saturated carbocycles. The number of carbonyl (C=O) groups excluding carboxylic acids is 2. The Labute approximate surface area is 165 Å². The van der Waals surface area contributed by atoms with Crippen molar-refractivity contribution in [3.05, 3.63) is 0 Å². The second-order valence-electron chi connectivity index (χ2n) is 5.52. The van der Waals surface area contributed by atoms with Crippen LogP contribution in [0, 0.1) is 0 Å². The van der Waals surface area contributed by atoms with Crippen molar-refractivity contribution in [3.63, 3.8) is 0 Å². The van der Waals surface area contributed by atoms with E-state index in [4.69, 9.17) is 28.9 Å². The first-order chi connectivity index (χ1) is 12.4. The summed E-state index contributed by atoms with van der Waals surface area (Å²) in [6.45, 7) is 5.19. The van der Waals surface area contributed by atoms with E-state index >= 15 is 0 Å². The van der Waals surface area contributed by atoms with Crippen LogP contribution in [0.25, 0.3) is 0 Å². The summed E-state index contributed by atoms with van der Waals surface area (Å²) in [4.78, 5) is 23.7. The largest absolute Gasteiger partial charge is 0.461 e. The third-order valence-electron chi connectivity index (χ3n) is 3.38. The van der Waals surface area contributed by atoms with Gasteiger partial charge in [0.05, 0.1) is 0 Å². The molecule has 9 nitrogen and oxygen atoms in total. The molecule has 0 heterocycles. The monoisotopic (exact) mass is 409 g/mol. The standard InChI is InChI=1S/C17H31NO8.H4Si/c1-6-9-14(18-21)26-17(22-4,23-5)13(25-16(20)11-8-3)12-24-15(19)10-7-2;/h13,21H,6-12H2,1-5H3;1H4. The first-order valence-electron chi connectivity index (χ1n) is 8.78. The summed E-state index contributed by atoms with van der Waals surface area (Å²) in [5, 5.41) is 12.2. The number of hydrogen-bond donors (Lipinski definition) is 1. The number of esters is 2. The van der Waals surface area contributed by atoms with Crippen molar-refractivity contribution in [1.82, 2.24) is 0 Å². The second-order valence-corrected chi connectivity index (χ2v) is 5.52. The molecule has 0 amide bonds. The molecule has 0 fully saturated rings. The van der Waals surface area contributed by atoms with Crippen molar-refractivity contribution >= 4 is 28.8 Å². The molecule has 0 aromatic rings. The molecule has 10 heteroatoms. The maximum absolute atomic E-state index is 12.0. The first-order valence-corrected chi connectivity index (χ1v) is 8.78. The molecule has 160 valence electrons. The zero-order chi connectivity index (χ0) is 20.0. The van der Waals surface area contributed by atoms with Gasteiger partial charge >= 0.3 is 17.9 Å². The number of hydrogen-bond acceptors (Lipinski definition) is 9. The fourth-order valence-corrected chi connectivity index (χ4v) is 2.07. The van der Waals surface area contributed by atoms with Gasteiger partial charge in [0.25, 0.3) is 0 Å². The number of methoxy groups -OCH3 is 2. The summed E-state index contributed by atoms with van der Waals surface area (Å²) in [6.07, 6.45) is 1.30. The van der Waals surface area contributed by atoms with Crippen LogP contribution in [0.4, 0.5) is 0 Å². The Morgan fingerprint density at radius 2 is 1.48 bits per heavy atom. The molecule has 27 heavy (non-hydrogen) atoms. The molecule has 0 saturated heterocycles. The van der Waals surface area contributed by atoms with Crippen LogP contribution in [0.3, 0.4) is 0 Å². The van der Waals surface area contributed by atoms with Crippen LogP contribution in [0.5, 0.6) is 0 Å². The number of rotatable bonds is 13. The van der Waals surface area contributed by atoms with Crippen LogP contribution in [0.1, 0.15) is 59.3 Å². The average Bonchev–Trinajstić information content (AvgIpc) is 2.63. The summed E-state index contributed by atoms with van der Waals surface area (Å²) < 4.78 is 26.6. The van der Waals surface area contributed by atoms with Crippen molar-refractivity contribution in [2.24, 2.45) is 5.16 Å². The van der Waals surface area contributed by atoms with E-state index in [2.05, 4.69) is 5.16 Å². The summed E-state index contributed by atoms with van der Waals surface area (Å²) >= 11 is 0. The van der Waals surface area contributed by atoms with Gasteiger partial charge in [0, 0.05) is 33.5 Å². The molecule has 1 N–H and O–H groups in total. The molecule has 0 bridgehead atoms. The molecule has 0 spiro atoms. The van der Waals surface area contributed by atoms with E-state index in [0.717, 1.165) is 0 Å². The van der Waals surface area contributed by atoms with Crippen LogP contribution < -0.4 is 0 Å². The van der Waals surface area contributed by atoms with Crippen LogP contribution in [0.2, 0.25) is 0 Å². The lowest BCUT2D eigenvalue weighted by atomic mass is 10.2. The summed E-state index contributed by atoms with van der Waals surface area (Å²) in [5.74, 6) is -2.96. The molecule has 0 aromatic heterocycles. The number of oxime groups is 1. The minimum absolute atomic E-state index is 0. The summed E-state index contributed by atoms with van der Waals surface area (Å²) in [5.41, 5.74) is 0. The Morgan fingerprint density at radius 3 is 1.93 bits per heavy atom. The van der Waals surface area contributed by atoms with E-state index in [0.29, 0.717) is 25.7 Å². The van der Waals surface area contributed by atoms with Crippen LogP contribution in [0.15, 0.2) is 5.16 Å². The van der Waals surface area contributed by atoms with E-state index < -0.39 is 24.0 Å². The van der Waals surface area contributed by atoms with Gasteiger partial charge in [-0.3, -0.25) is 9.59 Å². The van der Waals surface area contributed by atoms with Gasteiger partial charge in [-0.2, -0.15) is 0 Å². The Hall–Kier alpha value is -1.65. The predicted octanol–water partition coefficient (Wildman–Crippen LogP) is 1.14. The maximum atomic E-state index is 12.0. The quantitative estimate of drug-likeness (QED) is 0.0916. The van der Waals surface area contributed by atoms with Crippen molar-refractivity contribution in [1.29, 1.82) is 0 Å². The minimum Gasteiger partial charge on any atom is -0.461 e. The Bertz CT molecular complexity index is 454. The van der Waals surface area contributed by atoms with E-state index in [1.165, 1.54) is 14.2 Å². The van der Waals surface area contributed by atoms with Crippen LogP contribution in [-0.4, -0.2) is 66.9 Å². The van der Waals surface area contributed by atoms with E-state index in [-0.39, 0.29) is 36.3 Å². The van der Waals surface area contributed by atoms with Crippen molar-refractivity contribution in [2.75, 3.05) is 20.8 Å². The molecule has 0 aliphatic heterocycles. The Kier molecular flexibility index (Phi) is 15.7. The molecular formula is C17H35NO8Si. The Morgan fingerprint density at radius 1 is 0.963 bits per heavy atom. The number of ether oxygens (including phenoxy) is 5. The molecule has 0 aliphatic rings. The third-order valence-corrected chi connectivity index (χ3v) is 3.38. The molecule has 0 aromatic carbocycles. The lowest BCUT2D eigenvalue weighted by Gasteiger charge is -2.36. The highest BCUT2D eigenvalue weighted by Gasteiger charge is 2.47. The van der Waals surface area contributed by atoms with Gasteiger partial charge in [-0.15, -0.1) is 0 Å². The topological polar surface area (TPSA) is 113 Å². The highest BCUT2D eigenvalue weighted by atomic mass is 28.1. The fraction of sp³-hybridized carbons (Fsp3) is 0.824. The molecule has 0 radical (unpaired) electrons. The Balaban J connectivity index is 0. The maximum Gasteiger partial charge on any atom is 0.370 e. The first kappa shape index (κ1) is 27.6. The smallest absolute Gasteiger partial charge is 0.370 e. The van der Waals surface area contributed by atoms with Gasteiger partial charge in [-0.1, -0.05) is 25.9 Å². The lowest BCUT2D eigenvalue weighted by molar-refractivity contribution is -0.373. The van der Waals surface area contributed by atoms with Gasteiger partial charge in [0.2, 0.25) is 12.0 Å². The van der Waals surface area contributed by atoms with Crippen LogP contribution in [-0.2, 0) is 33.3 Å². The van der Waals surface area contributed by atoms with E-state index in [1.807, 2.05) is 20.8 Å². The van der Waals surface area contributed by atoms with Crippen molar-refractivity contribution < 1.29 is 38.5 Å². The number of nitrogens with zero attached hydrogens (tertiary/aromatic N) is 1. The second kappa shape index (κ2) is 15.4. The zero-order valence-electron chi connectivity index (χ0n) is 16.3. The number of carbonyl (C=O) groups is 2. The van der Waals surface area contributed by atoms with E-state index in [9.17, 15) is 9.59 Å². The van der Waals surface area contributed by atoms with Gasteiger partial charge in [-0.25, -0.2) is 0 Å². The van der Waals surface area contributed by atoms with Gasteiger partial charge in [-0.05, 0) is 30.2 Å². The van der Waals surface area contributed by atoms with Gasteiger partial charge in [0.1, 0.15) is 6.61 Å². The highest BCUT2D eigenvalue weighted by molar-refractivity contribution is 5.76. The van der Waals surface area contributed by atoms with Gasteiger partial charge < -0.3 is 28.9 Å². The van der Waals surface area contributed by atoms with Crippen LogP contribution >= 0.6 is 0 Å². The molecule has 1 unspecified atom stereocenters.